The van der Waals surface area contributed by atoms with Crippen molar-refractivity contribution in [1.29, 1.82) is 0 Å². The van der Waals surface area contributed by atoms with Gasteiger partial charge >= 0.3 is 0 Å². The first-order valence-electron chi connectivity index (χ1n) is 24.3. The molecular weight excluding hydrogens is 787 g/mol. The van der Waals surface area contributed by atoms with E-state index in [4.69, 9.17) is 10.5 Å². The third-order valence-electron chi connectivity index (χ3n) is 17.2. The zero-order chi connectivity index (χ0) is 43.7. The number of hydrogen-bond donors (Lipinski definition) is 6. The molecule has 1 saturated heterocycles. The summed E-state index contributed by atoms with van der Waals surface area (Å²) in [4.78, 5) is 27.0. The van der Waals surface area contributed by atoms with Crippen LogP contribution in [0.25, 0.3) is 6.08 Å². The number of phenols is 1. The van der Waals surface area contributed by atoms with E-state index in [0.29, 0.717) is 104 Å². The number of ketones is 2. The number of rotatable bonds is 10. The summed E-state index contributed by atoms with van der Waals surface area (Å²) < 4.78 is 5.54. The lowest BCUT2D eigenvalue weighted by Crippen LogP contribution is -2.61. The smallest absolute Gasteiger partial charge is 0.160 e. The van der Waals surface area contributed by atoms with E-state index in [2.05, 4.69) is 52.8 Å². The Morgan fingerprint density at radius 2 is 1.83 bits per heavy atom. The number of aryl methyl sites for hydroxylation is 1. The number of carbonyl (C=O) groups is 2. The van der Waals surface area contributed by atoms with Gasteiger partial charge in [0.05, 0.1) is 25.1 Å². The Hall–Kier alpha value is -4.36. The number of piperidine rings is 1. The molecule has 7 aliphatic rings. The number of carbonyl (C=O) groups excluding carboxylic acids is 2. The molecule has 63 heavy (non-hydrogen) atoms. The van der Waals surface area contributed by atoms with Crippen molar-refractivity contribution < 1.29 is 29.6 Å². The van der Waals surface area contributed by atoms with Crippen molar-refractivity contribution >= 4 is 17.6 Å². The number of Topliss-reactive ketones (excluding diaryl/α,β-unsaturated/α-hetero) is 2. The van der Waals surface area contributed by atoms with E-state index in [1.54, 1.807) is 6.07 Å². The number of fused-ring (bicyclic) bond motifs is 5. The van der Waals surface area contributed by atoms with E-state index >= 15 is 0 Å². The van der Waals surface area contributed by atoms with Gasteiger partial charge in [-0.2, -0.15) is 0 Å². The van der Waals surface area contributed by atoms with Crippen molar-refractivity contribution in [3.05, 3.63) is 88.8 Å². The number of aliphatic hydroxyl groups excluding tert-OH is 2. The fraction of sp³-hybridized carbons (Fsp3) is 0.593. The number of hydrogen-bond acceptors (Lipinski definition) is 9. The highest BCUT2D eigenvalue weighted by molar-refractivity contribution is 5.89. The van der Waals surface area contributed by atoms with Gasteiger partial charge in [-0.05, 0) is 159 Å². The van der Waals surface area contributed by atoms with Crippen LogP contribution in [0.2, 0.25) is 0 Å². The summed E-state index contributed by atoms with van der Waals surface area (Å²) in [5, 5.41) is 42.3. The number of methoxy groups -OCH3 is 1. The second-order valence-corrected chi connectivity index (χ2v) is 20.4. The van der Waals surface area contributed by atoms with E-state index in [0.717, 1.165) is 48.1 Å². The summed E-state index contributed by atoms with van der Waals surface area (Å²) in [5.74, 6) is 10.7. The summed E-state index contributed by atoms with van der Waals surface area (Å²) in [5.41, 5.74) is 9.20. The Morgan fingerprint density at radius 3 is 2.60 bits per heavy atom. The van der Waals surface area contributed by atoms with Crippen LogP contribution in [0.4, 0.5) is 0 Å². The van der Waals surface area contributed by atoms with E-state index in [-0.39, 0.29) is 35.2 Å². The molecular formula is C54H69N3O6. The molecule has 0 aromatic heterocycles. The summed E-state index contributed by atoms with van der Waals surface area (Å²) in [6.07, 6.45) is 20.8. The third kappa shape index (κ3) is 8.77. The highest BCUT2D eigenvalue weighted by Gasteiger charge is 2.59. The van der Waals surface area contributed by atoms with Gasteiger partial charge in [0, 0.05) is 43.7 Å². The third-order valence-corrected chi connectivity index (χ3v) is 17.2. The molecule has 336 valence electrons. The van der Waals surface area contributed by atoms with Crippen molar-refractivity contribution in [2.75, 3.05) is 20.2 Å². The molecule has 7 N–H and O–H groups in total. The Morgan fingerprint density at radius 1 is 1.00 bits per heavy atom. The summed E-state index contributed by atoms with van der Waals surface area (Å²) >= 11 is 0. The van der Waals surface area contributed by atoms with Crippen LogP contribution in [0.3, 0.4) is 0 Å². The number of aliphatic hydroxyl groups is 2. The van der Waals surface area contributed by atoms with Crippen molar-refractivity contribution in [1.82, 2.24) is 10.6 Å². The maximum atomic E-state index is 14.6. The van der Waals surface area contributed by atoms with Gasteiger partial charge in [0.2, 0.25) is 0 Å². The number of aromatic hydroxyl groups is 1. The van der Waals surface area contributed by atoms with Gasteiger partial charge in [0.25, 0.3) is 0 Å². The number of nitrogens with two attached hydrogens (primary N) is 1. The average molecular weight is 856 g/mol. The van der Waals surface area contributed by atoms with Crippen LogP contribution >= 0.6 is 0 Å². The predicted molar refractivity (Wildman–Crippen MR) is 246 cm³/mol. The monoisotopic (exact) mass is 856 g/mol. The quantitative estimate of drug-likeness (QED) is 0.131. The SMILES string of the molecule is COc1cc2c(cc1O)[C@H](CC[C@H](O)C[C@H](/C=C/c1ccccc1)C1=CCNC(N)=C1)C#C[C@@]1(CC[C@@H]([C@@H]3CC[C@@H]4[C@@H]5CCC(=O)C[C@@H]5NC[C@@H]4C34CCCC4)C[C@H]1O)C(=O)CC2. The molecule has 2 heterocycles. The molecule has 0 amide bonds. The normalized spacial score (nSPS) is 33.6. The van der Waals surface area contributed by atoms with Gasteiger partial charge < -0.3 is 36.4 Å². The average Bonchev–Trinajstić information content (AvgIpc) is 3.78. The standard InChI is InChI=1S/C54H69N3O6/c1-63-49-28-38-12-18-50(61)54(25-20-39(29-51(54)62)45-17-16-42-43-15-14-41(59)31-47(43)57-33-46(42)53(45)22-5-6-23-53)24-19-35(44(38)32-48(49)60)11-13-40(58)27-36(37-21-26-56-52(55)30-37)10-9-34-7-3-2-4-8-34/h2-4,7-10,21,28,30,32,35-36,39-40,42-43,45-47,51,56-58,60,62H,5-6,11-18,20,22-23,25-27,29,31,33,55H2,1H3/b10-9+/t35-,36+,39-,40+,42-,43+,45+,46+,47+,51-,54-/m1/s1. The fourth-order valence-corrected chi connectivity index (χ4v) is 14.1. The van der Waals surface area contributed by atoms with Crippen molar-refractivity contribution in [2.45, 2.75) is 133 Å². The molecule has 9 rings (SSSR count). The van der Waals surface area contributed by atoms with Crippen LogP contribution in [-0.4, -0.2) is 65.3 Å². The minimum absolute atomic E-state index is 0.00361. The van der Waals surface area contributed by atoms with Gasteiger partial charge in [0.1, 0.15) is 11.2 Å². The van der Waals surface area contributed by atoms with Gasteiger partial charge in [-0.1, -0.05) is 73.2 Å². The van der Waals surface area contributed by atoms with Gasteiger partial charge in [0.15, 0.2) is 17.3 Å². The molecule has 2 aromatic carbocycles. The van der Waals surface area contributed by atoms with Crippen molar-refractivity contribution in [3.8, 4) is 23.3 Å². The Balaban J connectivity index is 0.953. The molecule has 5 aliphatic carbocycles. The van der Waals surface area contributed by atoms with E-state index < -0.39 is 17.6 Å². The zero-order valence-corrected chi connectivity index (χ0v) is 37.2. The lowest BCUT2D eigenvalue weighted by molar-refractivity contribution is -0.140. The lowest BCUT2D eigenvalue weighted by Gasteiger charge is -2.60. The number of phenolic OH excluding ortho intramolecular Hbond substituents is 1. The summed E-state index contributed by atoms with van der Waals surface area (Å²) in [6.45, 7) is 1.63. The highest BCUT2D eigenvalue weighted by Crippen LogP contribution is 2.64. The molecule has 4 saturated carbocycles. The molecule has 2 aromatic rings. The largest absolute Gasteiger partial charge is 0.504 e. The Labute approximate surface area is 374 Å². The van der Waals surface area contributed by atoms with Crippen LogP contribution < -0.4 is 21.1 Å². The topological polar surface area (TPSA) is 154 Å². The van der Waals surface area contributed by atoms with Crippen LogP contribution in [0, 0.1) is 58.2 Å². The second-order valence-electron chi connectivity index (χ2n) is 20.4. The number of allylic oxidation sites excluding steroid dienone is 3. The first kappa shape index (κ1) is 43.9. The first-order chi connectivity index (χ1) is 30.6. The zero-order valence-electron chi connectivity index (χ0n) is 37.2. The molecule has 2 aliphatic heterocycles. The summed E-state index contributed by atoms with van der Waals surface area (Å²) in [6, 6.07) is 14.1. The predicted octanol–water partition coefficient (Wildman–Crippen LogP) is 7.88. The second kappa shape index (κ2) is 18.6. The molecule has 0 bridgehead atoms. The minimum Gasteiger partial charge on any atom is -0.504 e. The minimum atomic E-state index is -1.16. The molecule has 5 fully saturated rings. The first-order valence-corrected chi connectivity index (χ1v) is 24.3. The fourth-order valence-electron chi connectivity index (χ4n) is 14.1. The van der Waals surface area contributed by atoms with Crippen LogP contribution in [0.15, 0.2) is 72.1 Å². The Kier molecular flexibility index (Phi) is 13.0. The number of nitrogens with one attached hydrogen (secondary N) is 2. The summed E-state index contributed by atoms with van der Waals surface area (Å²) in [7, 11) is 1.53. The van der Waals surface area contributed by atoms with Crippen molar-refractivity contribution in [3.63, 3.8) is 0 Å². The van der Waals surface area contributed by atoms with E-state index in [9.17, 15) is 24.9 Å². The maximum Gasteiger partial charge on any atom is 0.160 e. The molecule has 0 radical (unpaired) electrons. The van der Waals surface area contributed by atoms with Crippen molar-refractivity contribution in [2.24, 2.45) is 52.1 Å². The van der Waals surface area contributed by atoms with Gasteiger partial charge in [-0.15, -0.1) is 0 Å². The molecule has 11 atom stereocenters. The molecule has 9 nitrogen and oxygen atoms in total. The molecule has 2 spiro atoms. The van der Waals surface area contributed by atoms with Crippen LogP contribution in [-0.2, 0) is 16.0 Å². The van der Waals surface area contributed by atoms with Gasteiger partial charge in [-0.25, -0.2) is 0 Å². The molecule has 0 unspecified atom stereocenters. The maximum absolute atomic E-state index is 14.6. The van der Waals surface area contributed by atoms with Crippen LogP contribution in [0.1, 0.15) is 125 Å². The van der Waals surface area contributed by atoms with Crippen LogP contribution in [0.5, 0.6) is 11.5 Å². The van der Waals surface area contributed by atoms with E-state index in [1.165, 1.54) is 45.6 Å². The van der Waals surface area contributed by atoms with Gasteiger partial charge in [-0.3, -0.25) is 9.59 Å². The Bertz CT molecular complexity index is 2160. The van der Waals surface area contributed by atoms with E-state index in [1.807, 2.05) is 30.3 Å². The molecule has 9 heteroatoms. The number of ether oxygens (including phenoxy) is 1. The number of benzene rings is 2. The number of dihydropyridines is 1. The lowest BCUT2D eigenvalue weighted by atomic mass is 9.47. The highest BCUT2D eigenvalue weighted by atomic mass is 16.5.